The van der Waals surface area contributed by atoms with Gasteiger partial charge in [0.1, 0.15) is 0 Å². The minimum absolute atomic E-state index is 0.0666. The van der Waals surface area contributed by atoms with E-state index in [2.05, 4.69) is 31.2 Å². The van der Waals surface area contributed by atoms with E-state index in [0.717, 1.165) is 5.56 Å². The first kappa shape index (κ1) is 16.4. The third-order valence-electron chi connectivity index (χ3n) is 2.68. The molecule has 0 aliphatic heterocycles. The number of aryl methyl sites for hydroxylation is 2. The molecule has 0 saturated carbocycles. The molecule has 0 heterocycles. The summed E-state index contributed by atoms with van der Waals surface area (Å²) in [6, 6.07) is 14.2. The lowest BCUT2D eigenvalue weighted by Gasteiger charge is -1.95. The summed E-state index contributed by atoms with van der Waals surface area (Å²) in [5, 5.41) is 0. The molecule has 3 N–H and O–H groups in total. The van der Waals surface area contributed by atoms with Crippen LogP contribution in [0.2, 0.25) is 0 Å². The molecule has 5 heteroatoms. The molecule has 0 unspecified atom stereocenters. The van der Waals surface area contributed by atoms with Gasteiger partial charge in [0.25, 0.3) is 10.1 Å². The van der Waals surface area contributed by atoms with Gasteiger partial charge in [0.05, 0.1) is 4.90 Å². The Morgan fingerprint density at radius 2 is 1.30 bits per heavy atom. The lowest BCUT2D eigenvalue weighted by Crippen LogP contribution is -1.96. The van der Waals surface area contributed by atoms with Crippen LogP contribution in [0.5, 0.6) is 0 Å². The van der Waals surface area contributed by atoms with Crippen molar-refractivity contribution in [3.8, 4) is 0 Å². The van der Waals surface area contributed by atoms with Crippen molar-refractivity contribution in [2.24, 2.45) is 5.73 Å². The average molecular weight is 293 g/mol. The molecule has 0 bridgehead atoms. The van der Waals surface area contributed by atoms with E-state index in [1.807, 2.05) is 6.92 Å². The third-order valence-corrected chi connectivity index (χ3v) is 3.54. The van der Waals surface area contributed by atoms with E-state index in [0.29, 0.717) is 6.54 Å². The van der Waals surface area contributed by atoms with Gasteiger partial charge in [0, 0.05) is 6.54 Å². The number of hydrogen-bond acceptors (Lipinski definition) is 3. The molecule has 0 fully saturated rings. The summed E-state index contributed by atoms with van der Waals surface area (Å²) in [7, 11) is -4.02. The van der Waals surface area contributed by atoms with Crippen LogP contribution in [0.25, 0.3) is 0 Å². The second kappa shape index (κ2) is 7.19. The number of nitrogens with two attached hydrogens (primary N) is 1. The molecule has 2 aromatic rings. The lowest BCUT2D eigenvalue weighted by molar-refractivity contribution is 0.483. The maximum Gasteiger partial charge on any atom is 0.294 e. The van der Waals surface area contributed by atoms with Crippen molar-refractivity contribution in [3.05, 3.63) is 65.2 Å². The summed E-state index contributed by atoms with van der Waals surface area (Å²) in [6.07, 6.45) is 0. The van der Waals surface area contributed by atoms with Crippen LogP contribution in [0.15, 0.2) is 53.4 Å². The number of hydrogen-bond donors (Lipinski definition) is 2. The van der Waals surface area contributed by atoms with E-state index in [1.165, 1.54) is 23.3 Å². The molecule has 0 amide bonds. The predicted octanol–water partition coefficient (Wildman–Crippen LogP) is 2.70. The van der Waals surface area contributed by atoms with Crippen molar-refractivity contribution >= 4 is 10.1 Å². The Morgan fingerprint density at radius 1 is 0.900 bits per heavy atom. The highest BCUT2D eigenvalue weighted by molar-refractivity contribution is 7.85. The monoisotopic (exact) mass is 293 g/mol. The van der Waals surface area contributed by atoms with Crippen LogP contribution >= 0.6 is 0 Å². The summed E-state index contributed by atoms with van der Waals surface area (Å²) in [6.45, 7) is 4.55. The summed E-state index contributed by atoms with van der Waals surface area (Å²) in [5.74, 6) is 0. The second-order valence-corrected chi connectivity index (χ2v) is 5.90. The van der Waals surface area contributed by atoms with Gasteiger partial charge in [-0.25, -0.2) is 0 Å². The molecule has 0 atom stereocenters. The largest absolute Gasteiger partial charge is 0.326 e. The van der Waals surface area contributed by atoms with E-state index < -0.39 is 10.1 Å². The molecule has 2 rings (SSSR count). The van der Waals surface area contributed by atoms with E-state index in [1.54, 1.807) is 12.1 Å². The van der Waals surface area contributed by atoms with Crippen molar-refractivity contribution in [1.29, 1.82) is 0 Å². The Balaban J connectivity index is 0.000000204. The van der Waals surface area contributed by atoms with Crippen molar-refractivity contribution in [2.45, 2.75) is 25.3 Å². The predicted molar refractivity (Wildman–Crippen MR) is 80.1 cm³/mol. The Bertz CT molecular complexity index is 632. The fourth-order valence-corrected chi connectivity index (χ4v) is 1.91. The quantitative estimate of drug-likeness (QED) is 0.834. The van der Waals surface area contributed by atoms with Crippen LogP contribution < -0.4 is 5.73 Å². The third kappa shape index (κ3) is 5.52. The highest BCUT2D eigenvalue weighted by atomic mass is 32.2. The van der Waals surface area contributed by atoms with Gasteiger partial charge in [-0.15, -0.1) is 0 Å². The van der Waals surface area contributed by atoms with Crippen molar-refractivity contribution < 1.29 is 13.0 Å². The van der Waals surface area contributed by atoms with Gasteiger partial charge < -0.3 is 5.73 Å². The summed E-state index contributed by atoms with van der Waals surface area (Å²) in [4.78, 5) is -0.0666. The minimum atomic E-state index is -4.02. The van der Waals surface area contributed by atoms with Crippen molar-refractivity contribution in [3.63, 3.8) is 0 Å². The van der Waals surface area contributed by atoms with Crippen LogP contribution in [-0.4, -0.2) is 13.0 Å². The molecule has 0 radical (unpaired) electrons. The minimum Gasteiger partial charge on any atom is -0.326 e. The van der Waals surface area contributed by atoms with Crippen LogP contribution in [0.4, 0.5) is 0 Å². The Hall–Kier alpha value is -1.69. The molecule has 0 spiro atoms. The van der Waals surface area contributed by atoms with Gasteiger partial charge in [0.2, 0.25) is 0 Å². The zero-order valence-corrected chi connectivity index (χ0v) is 12.4. The summed E-state index contributed by atoms with van der Waals surface area (Å²) < 4.78 is 29.6. The molecule has 0 aromatic heterocycles. The first-order valence-electron chi connectivity index (χ1n) is 6.12. The van der Waals surface area contributed by atoms with Crippen LogP contribution in [-0.2, 0) is 16.7 Å². The molecule has 20 heavy (non-hydrogen) atoms. The van der Waals surface area contributed by atoms with Crippen LogP contribution in [0.3, 0.4) is 0 Å². The Morgan fingerprint density at radius 3 is 1.65 bits per heavy atom. The SMILES string of the molecule is Cc1ccc(CN)cc1.Cc1ccc(S(=O)(=O)O)cc1. The molecular weight excluding hydrogens is 274 g/mol. The first-order valence-corrected chi connectivity index (χ1v) is 7.56. The van der Waals surface area contributed by atoms with Crippen molar-refractivity contribution in [1.82, 2.24) is 0 Å². The average Bonchev–Trinajstić information content (AvgIpc) is 2.40. The molecule has 0 saturated heterocycles. The van der Waals surface area contributed by atoms with Gasteiger partial charge in [-0.05, 0) is 31.5 Å². The first-order chi connectivity index (χ1) is 9.32. The van der Waals surface area contributed by atoms with Gasteiger partial charge in [0.15, 0.2) is 0 Å². The maximum absolute atomic E-state index is 10.5. The number of rotatable bonds is 2. The molecule has 2 aromatic carbocycles. The highest BCUT2D eigenvalue weighted by Gasteiger charge is 2.06. The lowest BCUT2D eigenvalue weighted by atomic mass is 10.2. The molecular formula is C15H19NO3S. The van der Waals surface area contributed by atoms with Crippen molar-refractivity contribution in [2.75, 3.05) is 0 Å². The molecule has 4 nitrogen and oxygen atoms in total. The van der Waals surface area contributed by atoms with Crippen LogP contribution in [0, 0.1) is 13.8 Å². The summed E-state index contributed by atoms with van der Waals surface area (Å²) in [5.41, 5.74) is 8.84. The number of benzene rings is 2. The van der Waals surface area contributed by atoms with E-state index in [-0.39, 0.29) is 4.90 Å². The van der Waals surface area contributed by atoms with Gasteiger partial charge in [-0.2, -0.15) is 8.42 Å². The maximum atomic E-state index is 10.5. The van der Waals surface area contributed by atoms with Gasteiger partial charge in [-0.1, -0.05) is 47.5 Å². The fourth-order valence-electron chi connectivity index (χ4n) is 1.43. The second-order valence-electron chi connectivity index (χ2n) is 4.48. The highest BCUT2D eigenvalue weighted by Crippen LogP contribution is 2.08. The molecule has 0 aliphatic carbocycles. The zero-order chi connectivity index (χ0) is 15.2. The molecule has 0 aliphatic rings. The van der Waals surface area contributed by atoms with Gasteiger partial charge >= 0.3 is 0 Å². The standard InChI is InChI=1S/C8H11N.C7H8O3S/c1-7-2-4-8(6-9)5-3-7;1-6-2-4-7(5-3-6)11(8,9)10/h2-5H,6,9H2,1H3;2-5H,1H3,(H,8,9,10). The normalized spacial score (nSPS) is 10.6. The van der Waals surface area contributed by atoms with E-state index in [9.17, 15) is 8.42 Å². The Labute approximate surface area is 120 Å². The summed E-state index contributed by atoms with van der Waals surface area (Å²) >= 11 is 0. The van der Waals surface area contributed by atoms with Crippen LogP contribution in [0.1, 0.15) is 16.7 Å². The van der Waals surface area contributed by atoms with E-state index >= 15 is 0 Å². The zero-order valence-electron chi connectivity index (χ0n) is 11.6. The topological polar surface area (TPSA) is 80.4 Å². The smallest absolute Gasteiger partial charge is 0.294 e. The Kier molecular flexibility index (Phi) is 5.88. The van der Waals surface area contributed by atoms with Gasteiger partial charge in [-0.3, -0.25) is 4.55 Å². The fraction of sp³-hybridized carbons (Fsp3) is 0.200. The van der Waals surface area contributed by atoms with E-state index in [4.69, 9.17) is 10.3 Å². The molecule has 108 valence electrons.